The molecule has 0 saturated carbocycles. The molecule has 0 aliphatic carbocycles. The normalized spacial score (nSPS) is 13.9. The molecule has 0 bridgehead atoms. The zero-order valence-electron chi connectivity index (χ0n) is 22.7. The number of amides is 3. The molecule has 0 radical (unpaired) electrons. The molecular weight excluding hydrogens is 516 g/mol. The van der Waals surface area contributed by atoms with Crippen LogP contribution >= 0.6 is 0 Å². The van der Waals surface area contributed by atoms with Crippen LogP contribution in [0.2, 0.25) is 0 Å². The van der Waals surface area contributed by atoms with Gasteiger partial charge in [0.2, 0.25) is 17.7 Å². The maximum Gasteiger partial charge on any atom is 0.326 e. The lowest BCUT2D eigenvalue weighted by molar-refractivity contribution is -0.143. The largest absolute Gasteiger partial charge is 0.481 e. The molecule has 2 rings (SSSR count). The summed E-state index contributed by atoms with van der Waals surface area (Å²) in [4.78, 5) is 62.0. The van der Waals surface area contributed by atoms with Crippen molar-refractivity contribution in [3.05, 3.63) is 71.8 Å². The lowest BCUT2D eigenvalue weighted by atomic mass is 10.00. The Morgan fingerprint density at radius 2 is 1.18 bits per heavy atom. The van der Waals surface area contributed by atoms with Gasteiger partial charge in [-0.3, -0.25) is 19.2 Å². The predicted octanol–water partition coefficient (Wildman–Crippen LogP) is 1.25. The molecule has 0 heterocycles. The maximum absolute atomic E-state index is 13.5. The van der Waals surface area contributed by atoms with E-state index in [0.29, 0.717) is 0 Å². The molecule has 11 heteroatoms. The van der Waals surface area contributed by atoms with E-state index >= 15 is 0 Å². The van der Waals surface area contributed by atoms with Gasteiger partial charge in [-0.05, 0) is 36.3 Å². The van der Waals surface area contributed by atoms with E-state index in [1.165, 1.54) is 0 Å². The van der Waals surface area contributed by atoms with Crippen LogP contribution in [0.4, 0.5) is 0 Å². The topological polar surface area (TPSA) is 188 Å². The average Bonchev–Trinajstić information content (AvgIpc) is 2.90. The Hall–Kier alpha value is -4.25. The minimum atomic E-state index is -1.44. The Labute approximate surface area is 233 Å². The number of benzene rings is 2. The first-order valence-corrected chi connectivity index (χ1v) is 13.1. The molecular formula is C29H38N4O7. The highest BCUT2D eigenvalue weighted by Gasteiger charge is 2.31. The van der Waals surface area contributed by atoms with Gasteiger partial charge in [0.1, 0.15) is 18.1 Å². The second-order valence-electron chi connectivity index (χ2n) is 10.1. The van der Waals surface area contributed by atoms with Crippen molar-refractivity contribution in [2.75, 3.05) is 0 Å². The third-order valence-corrected chi connectivity index (χ3v) is 6.15. The monoisotopic (exact) mass is 554 g/mol. The zero-order valence-corrected chi connectivity index (χ0v) is 22.7. The highest BCUT2D eigenvalue weighted by atomic mass is 16.4. The summed E-state index contributed by atoms with van der Waals surface area (Å²) >= 11 is 0. The number of carboxylic acid groups (broad SMARTS) is 2. The molecule has 216 valence electrons. The number of hydrogen-bond donors (Lipinski definition) is 6. The summed E-state index contributed by atoms with van der Waals surface area (Å²) in [5, 5.41) is 26.0. The third-order valence-electron chi connectivity index (χ3n) is 6.15. The summed E-state index contributed by atoms with van der Waals surface area (Å²) in [6.45, 7) is 3.66. The van der Waals surface area contributed by atoms with Gasteiger partial charge in [0, 0.05) is 12.8 Å². The minimum Gasteiger partial charge on any atom is -0.481 e. The van der Waals surface area contributed by atoms with Crippen molar-refractivity contribution < 1.29 is 34.2 Å². The maximum atomic E-state index is 13.5. The van der Waals surface area contributed by atoms with Crippen molar-refractivity contribution in [3.8, 4) is 0 Å². The first kappa shape index (κ1) is 32.0. The highest BCUT2D eigenvalue weighted by molar-refractivity contribution is 5.94. The summed E-state index contributed by atoms with van der Waals surface area (Å²) < 4.78 is 0. The molecule has 0 spiro atoms. The van der Waals surface area contributed by atoms with Gasteiger partial charge < -0.3 is 31.9 Å². The quantitative estimate of drug-likeness (QED) is 0.179. The Balaban J connectivity index is 2.20. The molecule has 3 amide bonds. The number of carboxylic acids is 2. The Morgan fingerprint density at radius 1 is 0.700 bits per heavy atom. The van der Waals surface area contributed by atoms with E-state index in [1.54, 1.807) is 24.3 Å². The summed E-state index contributed by atoms with van der Waals surface area (Å²) in [5.41, 5.74) is 7.76. The molecule has 0 aliphatic rings. The van der Waals surface area contributed by atoms with Crippen molar-refractivity contribution in [2.45, 2.75) is 70.1 Å². The van der Waals surface area contributed by atoms with Crippen LogP contribution < -0.4 is 21.7 Å². The van der Waals surface area contributed by atoms with E-state index in [0.717, 1.165) is 11.1 Å². The minimum absolute atomic E-state index is 0.0557. The molecule has 0 aliphatic heterocycles. The summed E-state index contributed by atoms with van der Waals surface area (Å²) in [7, 11) is 0. The number of carbonyl (C=O) groups excluding carboxylic acids is 3. The lowest BCUT2D eigenvalue weighted by Crippen LogP contribution is -2.58. The van der Waals surface area contributed by atoms with Crippen molar-refractivity contribution in [3.63, 3.8) is 0 Å². The lowest BCUT2D eigenvalue weighted by Gasteiger charge is -2.26. The van der Waals surface area contributed by atoms with Crippen LogP contribution in [-0.2, 0) is 36.8 Å². The predicted molar refractivity (Wildman–Crippen MR) is 148 cm³/mol. The van der Waals surface area contributed by atoms with Gasteiger partial charge in [-0.15, -0.1) is 0 Å². The van der Waals surface area contributed by atoms with Gasteiger partial charge in [-0.2, -0.15) is 0 Å². The van der Waals surface area contributed by atoms with Gasteiger partial charge in [-0.1, -0.05) is 74.5 Å². The van der Waals surface area contributed by atoms with Crippen LogP contribution in [-0.4, -0.2) is 64.0 Å². The van der Waals surface area contributed by atoms with Crippen LogP contribution in [0.3, 0.4) is 0 Å². The number of hydrogen-bond acceptors (Lipinski definition) is 6. The Morgan fingerprint density at radius 3 is 1.68 bits per heavy atom. The van der Waals surface area contributed by atoms with Gasteiger partial charge in [-0.25, -0.2) is 4.79 Å². The van der Waals surface area contributed by atoms with E-state index in [1.807, 2.05) is 50.2 Å². The number of carbonyl (C=O) groups is 5. The number of nitrogens with one attached hydrogen (secondary N) is 3. The van der Waals surface area contributed by atoms with E-state index in [4.69, 9.17) is 10.8 Å². The third kappa shape index (κ3) is 11.2. The van der Waals surface area contributed by atoms with Crippen molar-refractivity contribution in [2.24, 2.45) is 11.7 Å². The van der Waals surface area contributed by atoms with Gasteiger partial charge in [0.05, 0.1) is 6.04 Å². The second kappa shape index (κ2) is 16.0. The molecule has 4 atom stereocenters. The summed E-state index contributed by atoms with van der Waals surface area (Å²) in [6.07, 6.45) is -0.194. The van der Waals surface area contributed by atoms with Crippen molar-refractivity contribution in [1.82, 2.24) is 16.0 Å². The van der Waals surface area contributed by atoms with Crippen LogP contribution in [0, 0.1) is 5.92 Å². The van der Waals surface area contributed by atoms with Crippen molar-refractivity contribution >= 4 is 29.7 Å². The highest BCUT2D eigenvalue weighted by Crippen LogP contribution is 2.10. The Bertz CT molecular complexity index is 1140. The van der Waals surface area contributed by atoms with Crippen LogP contribution in [0.15, 0.2) is 60.7 Å². The fourth-order valence-corrected chi connectivity index (χ4v) is 4.07. The molecule has 0 saturated heterocycles. The van der Waals surface area contributed by atoms with Gasteiger partial charge >= 0.3 is 11.9 Å². The molecule has 2 aromatic rings. The van der Waals surface area contributed by atoms with Gasteiger partial charge in [0.15, 0.2) is 0 Å². The van der Waals surface area contributed by atoms with Crippen LogP contribution in [0.25, 0.3) is 0 Å². The number of aliphatic carboxylic acids is 2. The van der Waals surface area contributed by atoms with E-state index in [2.05, 4.69) is 16.0 Å². The van der Waals surface area contributed by atoms with E-state index in [9.17, 15) is 29.1 Å². The smallest absolute Gasteiger partial charge is 0.326 e. The number of rotatable bonds is 16. The molecule has 40 heavy (non-hydrogen) atoms. The fourth-order valence-electron chi connectivity index (χ4n) is 4.07. The molecule has 11 nitrogen and oxygen atoms in total. The summed E-state index contributed by atoms with van der Waals surface area (Å²) in [5.74, 6) is -4.57. The van der Waals surface area contributed by atoms with E-state index in [-0.39, 0.29) is 31.6 Å². The summed E-state index contributed by atoms with van der Waals surface area (Å²) in [6, 6.07) is 13.7. The zero-order chi connectivity index (χ0) is 29.7. The standard InChI is InChI=1S/C29H38N4O7/c1-18(2)15-23(27(37)31-22(29(39)40)13-14-25(34)35)33-28(38)24(17-20-11-7-4-8-12-20)32-26(36)21(30)16-19-9-5-3-6-10-19/h3-12,18,21-24H,13-17,30H2,1-2H3,(H,31,37)(H,32,36)(H,33,38)(H,34,35)(H,39,40). The molecule has 4 unspecified atom stereocenters. The average molecular weight is 555 g/mol. The molecule has 2 aromatic carbocycles. The Kier molecular flexibility index (Phi) is 12.8. The second-order valence-corrected chi connectivity index (χ2v) is 10.1. The SMILES string of the molecule is CC(C)CC(NC(=O)C(Cc1ccccc1)NC(=O)C(N)Cc1ccccc1)C(=O)NC(CCC(=O)O)C(=O)O. The van der Waals surface area contributed by atoms with Crippen LogP contribution in [0.5, 0.6) is 0 Å². The van der Waals surface area contributed by atoms with Crippen LogP contribution in [0.1, 0.15) is 44.2 Å². The van der Waals surface area contributed by atoms with Crippen molar-refractivity contribution in [1.29, 1.82) is 0 Å². The number of nitrogens with two attached hydrogens (primary N) is 1. The fraction of sp³-hybridized carbons (Fsp3) is 0.414. The molecule has 7 N–H and O–H groups in total. The van der Waals surface area contributed by atoms with Gasteiger partial charge in [0.25, 0.3) is 0 Å². The first-order chi connectivity index (χ1) is 19.0. The first-order valence-electron chi connectivity index (χ1n) is 13.1. The van der Waals surface area contributed by atoms with E-state index < -0.39 is 60.2 Å². The molecule has 0 fully saturated rings. The molecule has 0 aromatic heterocycles.